The number of carboxylic acid groups (broad SMARTS) is 1. The Labute approximate surface area is 91.3 Å². The molecule has 0 aliphatic heterocycles. The van der Waals surface area contributed by atoms with E-state index in [9.17, 15) is 4.79 Å². The molecule has 7 heteroatoms. The van der Waals surface area contributed by atoms with E-state index in [-0.39, 0.29) is 6.54 Å². The molecule has 1 N–H and O–H groups in total. The first-order valence-corrected chi connectivity index (χ1v) is 4.67. The minimum Gasteiger partial charge on any atom is -0.480 e. The number of fused-ring (bicyclic) bond motifs is 1. The Morgan fingerprint density at radius 2 is 2.38 bits per heavy atom. The summed E-state index contributed by atoms with van der Waals surface area (Å²) in [6.45, 7) is -0.0876. The van der Waals surface area contributed by atoms with Crippen LogP contribution in [0.3, 0.4) is 0 Å². The largest absolute Gasteiger partial charge is 0.480 e. The van der Waals surface area contributed by atoms with Crippen molar-refractivity contribution >= 4 is 22.8 Å². The lowest BCUT2D eigenvalue weighted by atomic mass is 10.3. The molecule has 0 spiro atoms. The molecule has 84 valence electrons. The number of aryl methyl sites for hydroxylation is 1. The van der Waals surface area contributed by atoms with Gasteiger partial charge in [0.05, 0.1) is 5.69 Å². The van der Waals surface area contributed by atoms with Crippen LogP contribution < -0.4 is 4.90 Å². The molecular weight excluding hydrogens is 210 g/mol. The Hall–Kier alpha value is -2.18. The van der Waals surface area contributed by atoms with E-state index in [1.807, 2.05) is 0 Å². The van der Waals surface area contributed by atoms with Gasteiger partial charge in [-0.05, 0) is 6.07 Å². The van der Waals surface area contributed by atoms with Gasteiger partial charge in [-0.2, -0.15) is 0 Å². The maximum atomic E-state index is 10.6. The predicted molar refractivity (Wildman–Crippen MR) is 57.2 cm³/mol. The van der Waals surface area contributed by atoms with E-state index >= 15 is 0 Å². The maximum Gasteiger partial charge on any atom is 0.323 e. The number of carbonyl (C=O) groups is 1. The highest BCUT2D eigenvalue weighted by molar-refractivity contribution is 5.87. The highest BCUT2D eigenvalue weighted by Gasteiger charge is 2.13. The van der Waals surface area contributed by atoms with E-state index in [2.05, 4.69) is 15.3 Å². The van der Waals surface area contributed by atoms with Gasteiger partial charge in [0, 0.05) is 20.3 Å². The summed E-state index contributed by atoms with van der Waals surface area (Å²) in [6.07, 6.45) is 1.61. The first kappa shape index (κ1) is 10.3. The van der Waals surface area contributed by atoms with Crippen LogP contribution >= 0.6 is 0 Å². The first-order valence-electron chi connectivity index (χ1n) is 4.67. The number of aromatic nitrogens is 4. The molecule has 0 unspecified atom stereocenters. The third-order valence-corrected chi connectivity index (χ3v) is 2.25. The minimum absolute atomic E-state index is 0.0876. The fourth-order valence-electron chi connectivity index (χ4n) is 1.52. The Bertz CT molecular complexity index is 536. The average molecular weight is 221 g/mol. The Morgan fingerprint density at radius 1 is 1.62 bits per heavy atom. The van der Waals surface area contributed by atoms with Crippen molar-refractivity contribution in [1.82, 2.24) is 20.0 Å². The topological polar surface area (TPSA) is 84.1 Å². The normalized spacial score (nSPS) is 10.6. The molecule has 0 aromatic carbocycles. The van der Waals surface area contributed by atoms with Crippen molar-refractivity contribution in [2.24, 2.45) is 7.05 Å². The fraction of sp³-hybridized carbons (Fsp3) is 0.333. The molecule has 16 heavy (non-hydrogen) atoms. The lowest BCUT2D eigenvalue weighted by molar-refractivity contribution is -0.135. The molecule has 0 fully saturated rings. The van der Waals surface area contributed by atoms with E-state index in [1.165, 1.54) is 0 Å². The third kappa shape index (κ3) is 1.67. The van der Waals surface area contributed by atoms with Crippen LogP contribution in [-0.4, -0.2) is 44.6 Å². The highest BCUT2D eigenvalue weighted by Crippen LogP contribution is 2.21. The summed E-state index contributed by atoms with van der Waals surface area (Å²) in [5, 5.41) is 16.5. The quantitative estimate of drug-likeness (QED) is 0.778. The van der Waals surface area contributed by atoms with E-state index in [4.69, 9.17) is 5.11 Å². The van der Waals surface area contributed by atoms with Crippen molar-refractivity contribution in [3.05, 3.63) is 12.3 Å². The number of anilines is 1. The Balaban J connectivity index is 2.48. The third-order valence-electron chi connectivity index (χ3n) is 2.25. The SMILES string of the molecule is CN(CC(=O)O)c1ccnc2c1nnn2C. The number of carboxylic acids is 1. The summed E-state index contributed by atoms with van der Waals surface area (Å²) in [4.78, 5) is 16.4. The molecule has 2 aromatic heterocycles. The van der Waals surface area contributed by atoms with Crippen LogP contribution in [0.5, 0.6) is 0 Å². The summed E-state index contributed by atoms with van der Waals surface area (Å²) in [6, 6.07) is 1.72. The second-order valence-corrected chi connectivity index (χ2v) is 3.47. The maximum absolute atomic E-state index is 10.6. The summed E-state index contributed by atoms with van der Waals surface area (Å²) >= 11 is 0. The van der Waals surface area contributed by atoms with E-state index in [1.54, 1.807) is 35.9 Å². The van der Waals surface area contributed by atoms with Crippen LogP contribution in [0.4, 0.5) is 5.69 Å². The fourth-order valence-corrected chi connectivity index (χ4v) is 1.52. The zero-order valence-corrected chi connectivity index (χ0v) is 8.95. The van der Waals surface area contributed by atoms with Crippen molar-refractivity contribution in [3.8, 4) is 0 Å². The number of hydrogen-bond donors (Lipinski definition) is 1. The average Bonchev–Trinajstić information content (AvgIpc) is 2.59. The monoisotopic (exact) mass is 221 g/mol. The van der Waals surface area contributed by atoms with Crippen molar-refractivity contribution in [1.29, 1.82) is 0 Å². The van der Waals surface area contributed by atoms with E-state index in [0.29, 0.717) is 16.9 Å². The van der Waals surface area contributed by atoms with Crippen molar-refractivity contribution in [3.63, 3.8) is 0 Å². The second-order valence-electron chi connectivity index (χ2n) is 3.47. The number of likely N-dealkylation sites (N-methyl/N-ethyl adjacent to an activating group) is 1. The van der Waals surface area contributed by atoms with Crippen LogP contribution in [0.15, 0.2) is 12.3 Å². The summed E-state index contributed by atoms with van der Waals surface area (Å²) in [7, 11) is 3.43. The molecule has 2 aromatic rings. The van der Waals surface area contributed by atoms with Gasteiger partial charge < -0.3 is 10.0 Å². The zero-order chi connectivity index (χ0) is 11.7. The summed E-state index contributed by atoms with van der Waals surface area (Å²) < 4.78 is 1.55. The van der Waals surface area contributed by atoms with Crippen LogP contribution in [-0.2, 0) is 11.8 Å². The van der Waals surface area contributed by atoms with Crippen molar-refractivity contribution in [2.45, 2.75) is 0 Å². The van der Waals surface area contributed by atoms with Gasteiger partial charge in [-0.1, -0.05) is 5.21 Å². The minimum atomic E-state index is -0.892. The van der Waals surface area contributed by atoms with Gasteiger partial charge in [0.25, 0.3) is 0 Å². The van der Waals surface area contributed by atoms with Crippen LogP contribution in [0.2, 0.25) is 0 Å². The number of rotatable bonds is 3. The Kier molecular flexibility index (Phi) is 2.43. The molecule has 0 amide bonds. The van der Waals surface area contributed by atoms with Gasteiger partial charge in [0.1, 0.15) is 6.54 Å². The van der Waals surface area contributed by atoms with Gasteiger partial charge in [-0.3, -0.25) is 4.79 Å². The second kappa shape index (κ2) is 3.76. The molecule has 0 aliphatic rings. The standard InChI is InChI=1S/C9H11N5O2/c1-13(5-7(15)16)6-3-4-10-9-8(6)11-12-14(9)2/h3-4H,5H2,1-2H3,(H,15,16). The van der Waals surface area contributed by atoms with E-state index in [0.717, 1.165) is 0 Å². The molecular formula is C9H11N5O2. The summed E-state index contributed by atoms with van der Waals surface area (Å²) in [5.41, 5.74) is 1.95. The molecule has 0 saturated carbocycles. The smallest absolute Gasteiger partial charge is 0.323 e. The molecule has 7 nitrogen and oxygen atoms in total. The number of aliphatic carboxylic acids is 1. The molecule has 0 aliphatic carbocycles. The van der Waals surface area contributed by atoms with Crippen molar-refractivity contribution < 1.29 is 9.90 Å². The lowest BCUT2D eigenvalue weighted by Crippen LogP contribution is -2.25. The van der Waals surface area contributed by atoms with Gasteiger partial charge in [-0.15, -0.1) is 5.10 Å². The van der Waals surface area contributed by atoms with Gasteiger partial charge in [0.15, 0.2) is 11.2 Å². The Morgan fingerprint density at radius 3 is 3.06 bits per heavy atom. The van der Waals surface area contributed by atoms with Crippen LogP contribution in [0, 0.1) is 0 Å². The molecule has 0 saturated heterocycles. The van der Waals surface area contributed by atoms with Crippen LogP contribution in [0.1, 0.15) is 0 Å². The molecule has 0 atom stereocenters. The number of hydrogen-bond acceptors (Lipinski definition) is 5. The highest BCUT2D eigenvalue weighted by atomic mass is 16.4. The van der Waals surface area contributed by atoms with E-state index < -0.39 is 5.97 Å². The number of pyridine rings is 1. The molecule has 0 radical (unpaired) electrons. The van der Waals surface area contributed by atoms with Gasteiger partial charge in [0.2, 0.25) is 0 Å². The van der Waals surface area contributed by atoms with Crippen molar-refractivity contribution in [2.75, 3.05) is 18.5 Å². The molecule has 2 heterocycles. The molecule has 2 rings (SSSR count). The molecule has 0 bridgehead atoms. The number of nitrogens with zero attached hydrogens (tertiary/aromatic N) is 5. The zero-order valence-electron chi connectivity index (χ0n) is 8.95. The predicted octanol–water partition coefficient (Wildman–Crippen LogP) is -0.116. The lowest BCUT2D eigenvalue weighted by Gasteiger charge is -2.16. The van der Waals surface area contributed by atoms with Gasteiger partial charge in [-0.25, -0.2) is 9.67 Å². The summed E-state index contributed by atoms with van der Waals surface area (Å²) in [5.74, 6) is -0.892. The van der Waals surface area contributed by atoms with Crippen LogP contribution in [0.25, 0.3) is 11.2 Å². The first-order chi connectivity index (χ1) is 7.59. The van der Waals surface area contributed by atoms with Gasteiger partial charge >= 0.3 is 5.97 Å².